The van der Waals surface area contributed by atoms with Gasteiger partial charge in [0.15, 0.2) is 11.3 Å². The smallest absolute Gasteiger partial charge is 0.266 e. The molecule has 0 spiro atoms. The molecule has 6 N–H and O–H groups in total. The lowest BCUT2D eigenvalue weighted by Crippen LogP contribution is -2.52. The minimum atomic E-state index is -2.91. The van der Waals surface area contributed by atoms with E-state index in [0.717, 1.165) is 22.6 Å². The van der Waals surface area contributed by atoms with Crippen LogP contribution in [0, 0.1) is 0 Å². The van der Waals surface area contributed by atoms with Crippen LogP contribution in [0.4, 0.5) is 40.6 Å². The van der Waals surface area contributed by atoms with Crippen LogP contribution < -0.4 is 50.8 Å². The molecule has 0 radical (unpaired) electrons. The van der Waals surface area contributed by atoms with Gasteiger partial charge in [0.05, 0.1) is 51.1 Å². The number of aromatic nitrogens is 6. The van der Waals surface area contributed by atoms with Gasteiger partial charge in [-0.1, -0.05) is 0 Å². The molecule has 22 heteroatoms. The Labute approximate surface area is 387 Å². The van der Waals surface area contributed by atoms with E-state index < -0.39 is 48.8 Å². The number of ether oxygens (including phenoxy) is 4. The van der Waals surface area contributed by atoms with E-state index in [2.05, 4.69) is 30.8 Å². The Kier molecular flexibility index (Phi) is 11.5. The molecule has 2 fully saturated rings. The molecule has 2 saturated heterocycles. The number of benzene rings is 2. The van der Waals surface area contributed by atoms with Gasteiger partial charge in [0, 0.05) is 86.5 Å². The normalized spacial score (nSPS) is 20.6. The van der Waals surface area contributed by atoms with Crippen LogP contribution in [0.3, 0.4) is 0 Å². The summed E-state index contributed by atoms with van der Waals surface area (Å²) in [5.74, 6) is -3.73. The number of fused-ring (bicyclic) bond motifs is 4. The maximum atomic E-state index is 14.1. The van der Waals surface area contributed by atoms with Crippen LogP contribution in [0.15, 0.2) is 61.2 Å². The summed E-state index contributed by atoms with van der Waals surface area (Å²) >= 11 is 0. The second-order valence-electron chi connectivity index (χ2n) is 18.9. The summed E-state index contributed by atoms with van der Waals surface area (Å²) in [5.41, 5.74) is 14.8. The van der Waals surface area contributed by atoms with Crippen LogP contribution >= 0.6 is 0 Å². The number of halogens is 4. The maximum Gasteiger partial charge on any atom is 0.266 e. The summed E-state index contributed by atoms with van der Waals surface area (Å²) in [6.45, 7) is 7.50. The minimum absolute atomic E-state index is 0.203. The van der Waals surface area contributed by atoms with Crippen molar-refractivity contribution in [2.75, 3.05) is 60.8 Å². The first-order chi connectivity index (χ1) is 32.1. The molecular formula is C46H52F4N12O6. The van der Waals surface area contributed by atoms with Crippen LogP contribution in [0.1, 0.15) is 72.4 Å². The molecule has 0 unspecified atom stereocenters. The molecule has 6 aromatic rings. The van der Waals surface area contributed by atoms with Crippen molar-refractivity contribution in [3.63, 3.8) is 0 Å². The first-order valence-electron chi connectivity index (χ1n) is 22.0. The van der Waals surface area contributed by atoms with Gasteiger partial charge in [-0.3, -0.25) is 9.59 Å². The third kappa shape index (κ3) is 9.46. The minimum Gasteiger partial charge on any atom is -0.494 e. The third-order valence-corrected chi connectivity index (χ3v) is 12.0. The van der Waals surface area contributed by atoms with Crippen LogP contribution in [0.2, 0.25) is 0 Å². The average Bonchev–Trinajstić information content (AvgIpc) is 4.02. The highest BCUT2D eigenvalue weighted by molar-refractivity contribution is 6.09. The van der Waals surface area contributed by atoms with Crippen LogP contribution in [-0.4, -0.2) is 117 Å². The largest absolute Gasteiger partial charge is 0.494 e. The summed E-state index contributed by atoms with van der Waals surface area (Å²) in [7, 11) is 3.03. The quantitative estimate of drug-likeness (QED) is 0.134. The van der Waals surface area contributed by atoms with Gasteiger partial charge >= 0.3 is 0 Å². The molecule has 18 nitrogen and oxygen atoms in total. The Bertz CT molecular complexity index is 2750. The highest BCUT2D eigenvalue weighted by Gasteiger charge is 2.41. The molecule has 0 aliphatic carbocycles. The highest BCUT2D eigenvalue weighted by Crippen LogP contribution is 2.43. The molecule has 10 rings (SSSR count). The van der Waals surface area contributed by atoms with E-state index in [9.17, 15) is 27.2 Å². The van der Waals surface area contributed by atoms with Gasteiger partial charge < -0.3 is 50.8 Å². The summed E-state index contributed by atoms with van der Waals surface area (Å²) in [6.07, 6.45) is 6.62. The summed E-state index contributed by atoms with van der Waals surface area (Å²) in [5, 5.41) is 14.1. The molecule has 4 aliphatic rings. The zero-order valence-corrected chi connectivity index (χ0v) is 38.3. The monoisotopic (exact) mass is 944 g/mol. The number of hydrogen-bond acceptors (Lipinski definition) is 14. The van der Waals surface area contributed by atoms with Crippen molar-refractivity contribution < 1.29 is 46.1 Å². The lowest BCUT2D eigenvalue weighted by Gasteiger charge is -2.36. The number of hydrogen-bond donors (Lipinski definition) is 4. The number of anilines is 4. The molecule has 8 heterocycles. The molecule has 360 valence electrons. The average molecular weight is 945 g/mol. The van der Waals surface area contributed by atoms with E-state index in [1.54, 1.807) is 36.7 Å². The van der Waals surface area contributed by atoms with E-state index in [4.69, 9.17) is 30.4 Å². The molecule has 4 aliphatic heterocycles. The fourth-order valence-corrected chi connectivity index (χ4v) is 9.20. The van der Waals surface area contributed by atoms with Gasteiger partial charge in [0.25, 0.3) is 23.7 Å². The number of carbonyl (C=O) groups is 2. The van der Waals surface area contributed by atoms with Gasteiger partial charge in [-0.15, -0.1) is 0 Å². The Morgan fingerprint density at radius 3 is 1.44 bits per heavy atom. The van der Waals surface area contributed by atoms with E-state index in [1.807, 2.05) is 39.8 Å². The number of nitrogens with two attached hydrogens (primary N) is 2. The van der Waals surface area contributed by atoms with Crippen molar-refractivity contribution in [2.45, 2.75) is 88.5 Å². The van der Waals surface area contributed by atoms with Gasteiger partial charge in [-0.2, -0.15) is 10.2 Å². The molecule has 68 heavy (non-hydrogen) atoms. The fraction of sp³-hybridized carbons (Fsp3) is 0.435. The summed E-state index contributed by atoms with van der Waals surface area (Å²) < 4.78 is 81.9. The third-order valence-electron chi connectivity index (χ3n) is 12.0. The number of piperidine rings is 2. The van der Waals surface area contributed by atoms with Crippen molar-refractivity contribution in [1.82, 2.24) is 29.2 Å². The van der Waals surface area contributed by atoms with Gasteiger partial charge in [-0.05, 0) is 52.0 Å². The maximum absolute atomic E-state index is 14.1. The van der Waals surface area contributed by atoms with E-state index >= 15 is 0 Å². The molecule has 2 aromatic carbocycles. The van der Waals surface area contributed by atoms with Crippen molar-refractivity contribution in [3.05, 3.63) is 83.4 Å². The van der Waals surface area contributed by atoms with E-state index in [-0.39, 0.29) is 59.6 Å². The predicted octanol–water partition coefficient (Wildman–Crippen LogP) is 5.75. The summed E-state index contributed by atoms with van der Waals surface area (Å²) in [6, 6.07) is 9.01. The number of methoxy groups -OCH3 is 2. The van der Waals surface area contributed by atoms with Gasteiger partial charge in [0.1, 0.15) is 57.0 Å². The van der Waals surface area contributed by atoms with Crippen molar-refractivity contribution in [2.24, 2.45) is 11.5 Å². The van der Waals surface area contributed by atoms with Crippen LogP contribution in [0.5, 0.6) is 23.0 Å². The second kappa shape index (κ2) is 17.0. The number of alkyl halides is 4. The van der Waals surface area contributed by atoms with Crippen molar-refractivity contribution >= 4 is 46.1 Å². The lowest BCUT2D eigenvalue weighted by atomic mass is 10.0. The zero-order chi connectivity index (χ0) is 48.5. The summed E-state index contributed by atoms with van der Waals surface area (Å²) in [4.78, 5) is 38.2. The number of nitrogens with zero attached hydrogens (tertiary/aromatic N) is 8. The number of carbonyl (C=O) groups excluding carboxylic acids is 2. The van der Waals surface area contributed by atoms with Gasteiger partial charge in [-0.25, -0.2) is 36.6 Å². The first-order valence-corrected chi connectivity index (χ1v) is 22.0. The lowest BCUT2D eigenvalue weighted by molar-refractivity contribution is -0.0181. The molecule has 0 saturated carbocycles. The molecular weight excluding hydrogens is 893 g/mol. The topological polar surface area (TPSA) is 214 Å². The Morgan fingerprint density at radius 2 is 1.07 bits per heavy atom. The van der Waals surface area contributed by atoms with Crippen molar-refractivity contribution in [1.29, 1.82) is 0 Å². The highest BCUT2D eigenvalue weighted by atomic mass is 19.3. The van der Waals surface area contributed by atoms with Crippen molar-refractivity contribution in [3.8, 4) is 23.0 Å². The molecule has 0 bridgehead atoms. The fourth-order valence-electron chi connectivity index (χ4n) is 9.20. The van der Waals surface area contributed by atoms with Gasteiger partial charge in [0.2, 0.25) is 0 Å². The van der Waals surface area contributed by atoms with Crippen LogP contribution in [0.25, 0.3) is 11.3 Å². The standard InChI is InChI=1S/2C23H26F2N6O3/c2*1-22(2)8-13-6-16(18(33-3)7-17(13)34-22)28-21(32)15-10-27-31-5-4-19(29-20(15)31)30-11-14(26)9-23(24,25)12-30/h2*4-7,10,14H,8-9,11-12,26H2,1-3H3,(H,28,32)/t2*14-/m10/s1. The Morgan fingerprint density at radius 1 is 0.676 bits per heavy atom. The number of amides is 2. The molecule has 2 atom stereocenters. The number of rotatable bonds is 8. The first kappa shape index (κ1) is 46.2. The molecule has 2 amide bonds. The SMILES string of the molecule is COc1cc2c(cc1NC(=O)c1cnn3ccc(N4C[C@@H](N)CC(F)(F)C4)nc13)CC(C)(C)O2.COc1cc2c(cc1NC(=O)c1cnn3ccc(N4C[C@H](N)CC(F)(F)C4)nc13)CC(C)(C)O2. The number of nitrogens with one attached hydrogen (secondary N) is 2. The predicted molar refractivity (Wildman–Crippen MR) is 244 cm³/mol. The van der Waals surface area contributed by atoms with E-state index in [1.165, 1.54) is 45.4 Å². The van der Waals surface area contributed by atoms with Crippen LogP contribution in [-0.2, 0) is 12.8 Å². The van der Waals surface area contributed by atoms with E-state index in [0.29, 0.717) is 47.4 Å². The second-order valence-corrected chi connectivity index (χ2v) is 18.9. The zero-order valence-electron chi connectivity index (χ0n) is 38.3. The Balaban J connectivity index is 0.000000170. The Hall–Kier alpha value is -6.94. The molecule has 4 aromatic heterocycles.